The molecule has 0 fully saturated rings. The van der Waals surface area contributed by atoms with Crippen LogP contribution < -0.4 is 5.32 Å². The molecule has 0 bridgehead atoms. The van der Waals surface area contributed by atoms with Crippen LogP contribution >= 0.6 is 35.4 Å². The fourth-order valence-corrected chi connectivity index (χ4v) is 1.85. The van der Waals surface area contributed by atoms with Gasteiger partial charge in [-0.25, -0.2) is 0 Å². The third-order valence-electron chi connectivity index (χ3n) is 2.34. The summed E-state index contributed by atoms with van der Waals surface area (Å²) in [4.78, 5) is 0. The average molecular weight is 289 g/mol. The van der Waals surface area contributed by atoms with Crippen LogP contribution in [0.3, 0.4) is 0 Å². The van der Waals surface area contributed by atoms with Crippen LogP contribution in [0.4, 0.5) is 5.69 Å². The van der Waals surface area contributed by atoms with Crippen molar-refractivity contribution in [1.82, 2.24) is 14.8 Å². The minimum absolute atomic E-state index is 0.518. The summed E-state index contributed by atoms with van der Waals surface area (Å²) in [6.45, 7) is 0.518. The van der Waals surface area contributed by atoms with Crippen molar-refractivity contribution in [2.75, 3.05) is 5.32 Å². The van der Waals surface area contributed by atoms with E-state index in [1.807, 2.05) is 7.05 Å². The number of hydrogen-bond acceptors (Lipinski definition) is 3. The van der Waals surface area contributed by atoms with Crippen LogP contribution in [0, 0.1) is 4.77 Å². The van der Waals surface area contributed by atoms with Crippen LogP contribution in [0.15, 0.2) is 18.2 Å². The Kier molecular flexibility index (Phi) is 3.71. The number of aromatic amines is 1. The summed E-state index contributed by atoms with van der Waals surface area (Å²) in [5.41, 5.74) is 0.771. The Bertz CT molecular complexity index is 590. The summed E-state index contributed by atoms with van der Waals surface area (Å²) in [7, 11) is 1.85. The zero-order valence-electron chi connectivity index (χ0n) is 9.00. The second-order valence-electron chi connectivity index (χ2n) is 3.48. The molecule has 2 N–H and O–H groups in total. The van der Waals surface area contributed by atoms with E-state index in [9.17, 15) is 0 Å². The summed E-state index contributed by atoms with van der Waals surface area (Å²) in [5.74, 6) is 0.797. The molecule has 0 spiro atoms. The van der Waals surface area contributed by atoms with Gasteiger partial charge in [-0.15, -0.1) is 0 Å². The van der Waals surface area contributed by atoms with E-state index in [0.29, 0.717) is 21.4 Å². The average Bonchev–Trinajstić information content (AvgIpc) is 2.62. The normalized spacial score (nSPS) is 10.5. The maximum absolute atomic E-state index is 6.03. The molecule has 90 valence electrons. The molecular formula is C10H10Cl2N4S. The molecule has 0 atom stereocenters. The number of halogens is 2. The Morgan fingerprint density at radius 2 is 2.24 bits per heavy atom. The maximum atomic E-state index is 6.03. The summed E-state index contributed by atoms with van der Waals surface area (Å²) in [6.07, 6.45) is 0. The van der Waals surface area contributed by atoms with Gasteiger partial charge in [0.25, 0.3) is 0 Å². The Balaban J connectivity index is 2.15. The van der Waals surface area contributed by atoms with Crippen molar-refractivity contribution in [2.24, 2.45) is 7.05 Å². The molecule has 2 rings (SSSR count). The number of nitrogens with zero attached hydrogens (tertiary/aromatic N) is 2. The summed E-state index contributed by atoms with van der Waals surface area (Å²) >= 11 is 16.9. The molecule has 0 aliphatic heterocycles. The van der Waals surface area contributed by atoms with Crippen molar-refractivity contribution in [2.45, 2.75) is 6.54 Å². The van der Waals surface area contributed by atoms with Crippen LogP contribution in [0.25, 0.3) is 0 Å². The lowest BCUT2D eigenvalue weighted by Crippen LogP contribution is -2.06. The molecule has 17 heavy (non-hydrogen) atoms. The van der Waals surface area contributed by atoms with Crippen molar-refractivity contribution in [1.29, 1.82) is 0 Å². The van der Waals surface area contributed by atoms with Crippen LogP contribution in [0.2, 0.25) is 10.0 Å². The number of hydrogen-bond donors (Lipinski definition) is 2. The minimum Gasteiger partial charge on any atom is -0.376 e. The lowest BCUT2D eigenvalue weighted by Gasteiger charge is -2.08. The van der Waals surface area contributed by atoms with Gasteiger partial charge in [0.1, 0.15) is 0 Å². The van der Waals surface area contributed by atoms with E-state index in [-0.39, 0.29) is 0 Å². The second-order valence-corrected chi connectivity index (χ2v) is 4.71. The van der Waals surface area contributed by atoms with E-state index in [0.717, 1.165) is 11.5 Å². The van der Waals surface area contributed by atoms with Gasteiger partial charge < -0.3 is 9.88 Å². The van der Waals surface area contributed by atoms with Gasteiger partial charge in [-0.1, -0.05) is 23.2 Å². The Morgan fingerprint density at radius 1 is 1.47 bits per heavy atom. The quantitative estimate of drug-likeness (QED) is 0.851. The highest BCUT2D eigenvalue weighted by Gasteiger charge is 2.04. The number of aromatic nitrogens is 3. The molecule has 0 unspecified atom stereocenters. The molecule has 0 saturated heterocycles. The highest BCUT2D eigenvalue weighted by atomic mass is 35.5. The van der Waals surface area contributed by atoms with E-state index in [4.69, 9.17) is 35.4 Å². The smallest absolute Gasteiger partial charge is 0.194 e. The lowest BCUT2D eigenvalue weighted by atomic mass is 10.3. The molecule has 0 aliphatic rings. The minimum atomic E-state index is 0.518. The molecular weight excluding hydrogens is 279 g/mol. The number of rotatable bonds is 3. The second kappa shape index (κ2) is 5.08. The standard InChI is InChI=1S/C10H10Cl2N4S/c1-16-9(14-15-10(16)17)5-13-8-4-6(11)2-3-7(8)12/h2-4,13H,5H2,1H3,(H,15,17). The van der Waals surface area contributed by atoms with Gasteiger partial charge in [-0.3, -0.25) is 5.10 Å². The van der Waals surface area contributed by atoms with Crippen molar-refractivity contribution in [3.63, 3.8) is 0 Å². The Labute approximate surface area is 114 Å². The molecule has 2 aromatic rings. The van der Waals surface area contributed by atoms with Gasteiger partial charge in [0, 0.05) is 12.1 Å². The molecule has 7 heteroatoms. The topological polar surface area (TPSA) is 45.6 Å². The molecule has 1 aromatic heterocycles. The molecule has 1 aromatic carbocycles. The van der Waals surface area contributed by atoms with Crippen LogP contribution in [-0.2, 0) is 13.6 Å². The van der Waals surface area contributed by atoms with Gasteiger partial charge in [0.15, 0.2) is 10.6 Å². The summed E-state index contributed by atoms with van der Waals surface area (Å²) < 4.78 is 2.37. The molecule has 1 heterocycles. The van der Waals surface area contributed by atoms with Crippen molar-refractivity contribution < 1.29 is 0 Å². The lowest BCUT2D eigenvalue weighted by molar-refractivity contribution is 0.805. The zero-order valence-corrected chi connectivity index (χ0v) is 11.3. The van der Waals surface area contributed by atoms with Gasteiger partial charge in [-0.05, 0) is 30.4 Å². The van der Waals surface area contributed by atoms with E-state index < -0.39 is 0 Å². The molecule has 0 radical (unpaired) electrons. The number of nitrogens with one attached hydrogen (secondary N) is 2. The third-order valence-corrected chi connectivity index (χ3v) is 3.27. The van der Waals surface area contributed by atoms with Crippen LogP contribution in [0.1, 0.15) is 5.82 Å². The predicted molar refractivity (Wildman–Crippen MR) is 72.2 cm³/mol. The van der Waals surface area contributed by atoms with Gasteiger partial charge in [0.2, 0.25) is 0 Å². The van der Waals surface area contributed by atoms with E-state index in [2.05, 4.69) is 15.5 Å². The first-order chi connectivity index (χ1) is 8.08. The highest BCUT2D eigenvalue weighted by Crippen LogP contribution is 2.25. The van der Waals surface area contributed by atoms with Gasteiger partial charge in [0.05, 0.1) is 17.3 Å². The van der Waals surface area contributed by atoms with E-state index >= 15 is 0 Å². The highest BCUT2D eigenvalue weighted by molar-refractivity contribution is 7.71. The fraction of sp³-hybridized carbons (Fsp3) is 0.200. The van der Waals surface area contributed by atoms with Crippen molar-refractivity contribution in [3.05, 3.63) is 38.8 Å². The van der Waals surface area contributed by atoms with E-state index in [1.54, 1.807) is 22.8 Å². The SMILES string of the molecule is Cn1c(CNc2cc(Cl)ccc2Cl)n[nH]c1=S. The molecule has 4 nitrogen and oxygen atoms in total. The first kappa shape index (κ1) is 12.4. The van der Waals surface area contributed by atoms with Crippen LogP contribution in [0.5, 0.6) is 0 Å². The first-order valence-electron chi connectivity index (χ1n) is 4.87. The van der Waals surface area contributed by atoms with Crippen molar-refractivity contribution >= 4 is 41.1 Å². The largest absolute Gasteiger partial charge is 0.376 e. The fourth-order valence-electron chi connectivity index (χ4n) is 1.34. The number of H-pyrrole nitrogens is 1. The predicted octanol–water partition coefficient (Wildman–Crippen LogP) is 3.40. The van der Waals surface area contributed by atoms with Crippen LogP contribution in [-0.4, -0.2) is 14.8 Å². The number of benzene rings is 1. The summed E-state index contributed by atoms with van der Waals surface area (Å²) in [5, 5.41) is 11.2. The Morgan fingerprint density at radius 3 is 2.88 bits per heavy atom. The molecule has 0 saturated carbocycles. The molecule has 0 aliphatic carbocycles. The maximum Gasteiger partial charge on any atom is 0.194 e. The zero-order chi connectivity index (χ0) is 12.4. The third kappa shape index (κ3) is 2.80. The molecule has 0 amide bonds. The Hall–Kier alpha value is -1.04. The summed E-state index contributed by atoms with van der Waals surface area (Å²) in [6, 6.07) is 5.26. The first-order valence-corrected chi connectivity index (χ1v) is 6.03. The monoisotopic (exact) mass is 288 g/mol. The van der Waals surface area contributed by atoms with Gasteiger partial charge in [-0.2, -0.15) is 5.10 Å². The van der Waals surface area contributed by atoms with Crippen molar-refractivity contribution in [3.8, 4) is 0 Å². The number of anilines is 1. The van der Waals surface area contributed by atoms with Gasteiger partial charge >= 0.3 is 0 Å². The van der Waals surface area contributed by atoms with E-state index in [1.165, 1.54) is 0 Å².